The standard InChI is InChI=1S/C15H10Cl2N2O/c16-12-3-1-10(2-4-12)11(8-18)9-19-14-7-13(17)5-6-15(14)20/h1-7,9,19-20H/b11-9+. The first kappa shape index (κ1) is 14.3. The highest BCUT2D eigenvalue weighted by atomic mass is 35.5. The lowest BCUT2D eigenvalue weighted by Gasteiger charge is -2.06. The van der Waals surface area contributed by atoms with Crippen LogP contribution in [0.4, 0.5) is 5.69 Å². The Balaban J connectivity index is 2.26. The van der Waals surface area contributed by atoms with Gasteiger partial charge < -0.3 is 10.4 Å². The number of rotatable bonds is 3. The molecule has 2 aromatic carbocycles. The summed E-state index contributed by atoms with van der Waals surface area (Å²) in [6.45, 7) is 0. The Labute approximate surface area is 126 Å². The zero-order chi connectivity index (χ0) is 14.5. The average molecular weight is 305 g/mol. The molecule has 0 heterocycles. The van der Waals surface area contributed by atoms with Crippen LogP contribution in [0.5, 0.6) is 5.75 Å². The maximum absolute atomic E-state index is 9.68. The summed E-state index contributed by atoms with van der Waals surface area (Å²) in [5, 5.41) is 22.8. The van der Waals surface area contributed by atoms with Crippen molar-refractivity contribution in [3.8, 4) is 11.8 Å². The summed E-state index contributed by atoms with van der Waals surface area (Å²) < 4.78 is 0. The Morgan fingerprint density at radius 1 is 1.10 bits per heavy atom. The fourth-order valence-corrected chi connectivity index (χ4v) is 1.88. The van der Waals surface area contributed by atoms with Gasteiger partial charge in [0.15, 0.2) is 0 Å². The second-order valence-electron chi connectivity index (χ2n) is 3.98. The number of nitrogens with zero attached hydrogens (tertiary/aromatic N) is 1. The lowest BCUT2D eigenvalue weighted by molar-refractivity contribution is 0.478. The zero-order valence-corrected chi connectivity index (χ0v) is 11.8. The van der Waals surface area contributed by atoms with Gasteiger partial charge in [0.05, 0.1) is 11.3 Å². The third-order valence-electron chi connectivity index (χ3n) is 2.61. The largest absolute Gasteiger partial charge is 0.506 e. The molecule has 2 N–H and O–H groups in total. The Hall–Kier alpha value is -2.15. The Morgan fingerprint density at radius 2 is 1.75 bits per heavy atom. The third-order valence-corrected chi connectivity index (χ3v) is 3.09. The van der Waals surface area contributed by atoms with Crippen molar-refractivity contribution >= 4 is 34.5 Å². The predicted octanol–water partition coefficient (Wildman–Crippen LogP) is 4.68. The number of benzene rings is 2. The van der Waals surface area contributed by atoms with Gasteiger partial charge in [0, 0.05) is 16.2 Å². The van der Waals surface area contributed by atoms with Crippen LogP contribution in [0.2, 0.25) is 10.0 Å². The second kappa shape index (κ2) is 6.33. The first-order chi connectivity index (χ1) is 9.60. The molecule has 0 atom stereocenters. The average Bonchev–Trinajstić information content (AvgIpc) is 2.45. The molecule has 0 aliphatic rings. The van der Waals surface area contributed by atoms with Crippen molar-refractivity contribution in [2.24, 2.45) is 0 Å². The Kier molecular flexibility index (Phi) is 4.52. The van der Waals surface area contributed by atoms with E-state index in [1.807, 2.05) is 0 Å². The quantitative estimate of drug-likeness (QED) is 0.639. The van der Waals surface area contributed by atoms with Gasteiger partial charge >= 0.3 is 0 Å². The van der Waals surface area contributed by atoms with E-state index >= 15 is 0 Å². The van der Waals surface area contributed by atoms with Gasteiger partial charge in [0.1, 0.15) is 11.8 Å². The van der Waals surface area contributed by atoms with Crippen molar-refractivity contribution in [3.05, 3.63) is 64.3 Å². The van der Waals surface area contributed by atoms with Gasteiger partial charge in [-0.1, -0.05) is 35.3 Å². The van der Waals surface area contributed by atoms with E-state index in [0.717, 1.165) is 5.56 Å². The topological polar surface area (TPSA) is 56.0 Å². The van der Waals surface area contributed by atoms with Crippen molar-refractivity contribution in [3.63, 3.8) is 0 Å². The number of nitriles is 1. The van der Waals surface area contributed by atoms with E-state index in [1.165, 1.54) is 12.3 Å². The van der Waals surface area contributed by atoms with E-state index in [2.05, 4.69) is 11.4 Å². The van der Waals surface area contributed by atoms with Crippen LogP contribution >= 0.6 is 23.2 Å². The maximum Gasteiger partial charge on any atom is 0.139 e. The summed E-state index contributed by atoms with van der Waals surface area (Å²) >= 11 is 11.7. The summed E-state index contributed by atoms with van der Waals surface area (Å²) in [4.78, 5) is 0. The van der Waals surface area contributed by atoms with Crippen molar-refractivity contribution < 1.29 is 5.11 Å². The van der Waals surface area contributed by atoms with Crippen LogP contribution < -0.4 is 5.32 Å². The molecule has 0 bridgehead atoms. The van der Waals surface area contributed by atoms with Crippen molar-refractivity contribution in [2.75, 3.05) is 5.32 Å². The highest BCUT2D eigenvalue weighted by Crippen LogP contribution is 2.27. The molecule has 0 fully saturated rings. The molecule has 0 unspecified atom stereocenters. The van der Waals surface area contributed by atoms with E-state index in [-0.39, 0.29) is 5.75 Å². The minimum atomic E-state index is 0.0547. The molecule has 2 aromatic rings. The zero-order valence-electron chi connectivity index (χ0n) is 10.3. The molecule has 0 radical (unpaired) electrons. The van der Waals surface area contributed by atoms with E-state index in [4.69, 9.17) is 23.2 Å². The van der Waals surface area contributed by atoms with E-state index in [0.29, 0.717) is 21.3 Å². The molecule has 0 saturated carbocycles. The first-order valence-corrected chi connectivity index (χ1v) is 6.47. The number of phenolic OH excluding ortho intramolecular Hbond substituents is 1. The van der Waals surface area contributed by atoms with Gasteiger partial charge in [-0.15, -0.1) is 0 Å². The van der Waals surface area contributed by atoms with Crippen molar-refractivity contribution in [1.29, 1.82) is 5.26 Å². The molecular formula is C15H10Cl2N2O. The summed E-state index contributed by atoms with van der Waals surface area (Å²) in [5.74, 6) is 0.0547. The summed E-state index contributed by atoms with van der Waals surface area (Å²) in [7, 11) is 0. The molecule has 0 aromatic heterocycles. The maximum atomic E-state index is 9.68. The number of hydrogen-bond acceptors (Lipinski definition) is 3. The highest BCUT2D eigenvalue weighted by molar-refractivity contribution is 6.31. The molecule has 0 aliphatic heterocycles. The number of hydrogen-bond donors (Lipinski definition) is 2. The molecule has 0 saturated heterocycles. The fraction of sp³-hybridized carbons (Fsp3) is 0. The number of anilines is 1. The van der Waals surface area contributed by atoms with Crippen LogP contribution in [0.1, 0.15) is 5.56 Å². The van der Waals surface area contributed by atoms with Gasteiger partial charge in [0.25, 0.3) is 0 Å². The van der Waals surface area contributed by atoms with E-state index < -0.39 is 0 Å². The molecular weight excluding hydrogens is 295 g/mol. The summed E-state index contributed by atoms with van der Waals surface area (Å²) in [5.41, 5.74) is 1.58. The fourth-order valence-electron chi connectivity index (χ4n) is 1.58. The minimum Gasteiger partial charge on any atom is -0.506 e. The van der Waals surface area contributed by atoms with Gasteiger partial charge in [-0.25, -0.2) is 0 Å². The molecule has 100 valence electrons. The highest BCUT2D eigenvalue weighted by Gasteiger charge is 2.03. The first-order valence-electron chi connectivity index (χ1n) is 5.71. The molecule has 0 spiro atoms. The molecule has 0 amide bonds. The smallest absolute Gasteiger partial charge is 0.139 e. The van der Waals surface area contributed by atoms with Crippen LogP contribution in [0, 0.1) is 11.3 Å². The number of halogens is 2. The van der Waals surface area contributed by atoms with Gasteiger partial charge in [0.2, 0.25) is 0 Å². The summed E-state index contributed by atoms with van der Waals surface area (Å²) in [6, 6.07) is 13.6. The van der Waals surface area contributed by atoms with Crippen LogP contribution in [-0.4, -0.2) is 5.11 Å². The molecule has 0 aliphatic carbocycles. The SMILES string of the molecule is N#C/C(=C\Nc1cc(Cl)ccc1O)c1ccc(Cl)cc1. The second-order valence-corrected chi connectivity index (χ2v) is 4.86. The van der Waals surface area contributed by atoms with Crippen LogP contribution in [0.25, 0.3) is 5.57 Å². The molecule has 5 heteroatoms. The monoisotopic (exact) mass is 304 g/mol. The van der Waals surface area contributed by atoms with Crippen molar-refractivity contribution in [1.82, 2.24) is 0 Å². The van der Waals surface area contributed by atoms with Crippen molar-refractivity contribution in [2.45, 2.75) is 0 Å². The Morgan fingerprint density at radius 3 is 2.40 bits per heavy atom. The normalized spacial score (nSPS) is 10.9. The molecule has 2 rings (SSSR count). The van der Waals surface area contributed by atoms with E-state index in [1.54, 1.807) is 36.4 Å². The van der Waals surface area contributed by atoms with Crippen LogP contribution in [0.3, 0.4) is 0 Å². The Bertz CT molecular complexity index is 688. The molecule has 3 nitrogen and oxygen atoms in total. The van der Waals surface area contributed by atoms with Gasteiger partial charge in [-0.3, -0.25) is 0 Å². The third kappa shape index (κ3) is 3.45. The lowest BCUT2D eigenvalue weighted by Crippen LogP contribution is -1.91. The van der Waals surface area contributed by atoms with Gasteiger partial charge in [-0.05, 0) is 35.9 Å². The number of allylic oxidation sites excluding steroid dienone is 1. The molecule has 20 heavy (non-hydrogen) atoms. The minimum absolute atomic E-state index is 0.0547. The number of aromatic hydroxyl groups is 1. The number of phenols is 1. The summed E-state index contributed by atoms with van der Waals surface area (Å²) in [6.07, 6.45) is 1.51. The van der Waals surface area contributed by atoms with Gasteiger partial charge in [-0.2, -0.15) is 5.26 Å². The van der Waals surface area contributed by atoms with Crippen LogP contribution in [-0.2, 0) is 0 Å². The van der Waals surface area contributed by atoms with E-state index in [9.17, 15) is 10.4 Å². The lowest BCUT2D eigenvalue weighted by atomic mass is 10.1. The number of nitrogens with one attached hydrogen (secondary N) is 1. The predicted molar refractivity (Wildman–Crippen MR) is 81.8 cm³/mol. The van der Waals surface area contributed by atoms with Crippen LogP contribution in [0.15, 0.2) is 48.7 Å².